The zero-order valence-corrected chi connectivity index (χ0v) is 18.6. The van der Waals surface area contributed by atoms with E-state index in [1.807, 2.05) is 0 Å². The van der Waals surface area contributed by atoms with Crippen LogP contribution in [0.1, 0.15) is 11.9 Å². The Morgan fingerprint density at radius 1 is 1.50 bits per heavy atom. The number of amides is 1. The molecule has 1 unspecified atom stereocenters. The van der Waals surface area contributed by atoms with Gasteiger partial charge < -0.3 is 10.0 Å². The van der Waals surface area contributed by atoms with Crippen LogP contribution in [-0.2, 0) is 14.9 Å². The molecule has 1 aromatic heterocycles. The highest BCUT2D eigenvalue weighted by Gasteiger charge is 2.42. The summed E-state index contributed by atoms with van der Waals surface area (Å²) in [6.45, 7) is 4.75. The van der Waals surface area contributed by atoms with Crippen molar-refractivity contribution >= 4 is 38.7 Å². The number of nitro benzene ring substituents is 1. The summed E-state index contributed by atoms with van der Waals surface area (Å²) in [6.07, 6.45) is 1.63. The molecule has 1 atom stereocenters. The summed E-state index contributed by atoms with van der Waals surface area (Å²) in [5.41, 5.74) is 0.458. The summed E-state index contributed by atoms with van der Waals surface area (Å²) in [5.74, 6) is 0. The Morgan fingerprint density at radius 2 is 2.22 bits per heavy atom. The third-order valence-electron chi connectivity index (χ3n) is 4.83. The molecule has 1 aliphatic heterocycles. The van der Waals surface area contributed by atoms with Crippen LogP contribution in [0, 0.1) is 10.1 Å². The van der Waals surface area contributed by atoms with E-state index in [9.17, 15) is 28.4 Å². The first-order valence-electron chi connectivity index (χ1n) is 9.27. The molecule has 0 radical (unpaired) electrons. The molecule has 2 aromatic rings. The summed E-state index contributed by atoms with van der Waals surface area (Å²) >= 11 is 1.29. The van der Waals surface area contributed by atoms with E-state index in [1.165, 1.54) is 29.5 Å². The standard InChI is InChI=1S/C19H20N4O7S2/c1-3-9-30-23(32(28,29)17-7-5-4-6-15(17)22(26)27)16-12-21(19(24)25)11-14(13(16)2)18-20-8-10-31-18/h3-8,10,16H,1,9,11-12H2,2H3,(H,24,25). The highest BCUT2D eigenvalue weighted by molar-refractivity contribution is 7.89. The summed E-state index contributed by atoms with van der Waals surface area (Å²) in [6, 6.07) is 3.82. The van der Waals surface area contributed by atoms with Gasteiger partial charge in [-0.25, -0.2) is 18.2 Å². The van der Waals surface area contributed by atoms with Gasteiger partial charge in [-0.1, -0.05) is 22.7 Å². The molecular formula is C19H20N4O7S2. The van der Waals surface area contributed by atoms with E-state index in [4.69, 9.17) is 4.84 Å². The van der Waals surface area contributed by atoms with Crippen molar-refractivity contribution in [3.05, 3.63) is 69.2 Å². The van der Waals surface area contributed by atoms with E-state index in [1.54, 1.807) is 18.5 Å². The molecular weight excluding hydrogens is 460 g/mol. The Balaban J connectivity index is 2.17. The average molecular weight is 481 g/mol. The second-order valence-corrected chi connectivity index (χ2v) is 9.39. The lowest BCUT2D eigenvalue weighted by Crippen LogP contribution is -2.52. The molecule has 0 fully saturated rings. The fourth-order valence-corrected chi connectivity index (χ4v) is 5.63. The topological polar surface area (TPSA) is 143 Å². The van der Waals surface area contributed by atoms with Crippen LogP contribution in [0.15, 0.2) is 59.0 Å². The first kappa shape index (κ1) is 23.5. The Kier molecular flexibility index (Phi) is 7.03. The second-order valence-electron chi connectivity index (χ2n) is 6.75. The molecule has 0 spiro atoms. The zero-order valence-electron chi connectivity index (χ0n) is 16.9. The van der Waals surface area contributed by atoms with Crippen LogP contribution in [0.3, 0.4) is 0 Å². The van der Waals surface area contributed by atoms with Crippen LogP contribution in [-0.4, -0.2) is 64.6 Å². The van der Waals surface area contributed by atoms with E-state index in [0.717, 1.165) is 17.0 Å². The molecule has 1 aliphatic rings. The van der Waals surface area contributed by atoms with Crippen LogP contribution >= 0.6 is 11.3 Å². The van der Waals surface area contributed by atoms with Gasteiger partial charge in [0.2, 0.25) is 0 Å². The summed E-state index contributed by atoms with van der Waals surface area (Å²) < 4.78 is 27.7. The van der Waals surface area contributed by atoms with Crippen molar-refractivity contribution in [2.75, 3.05) is 19.7 Å². The average Bonchev–Trinajstić information content (AvgIpc) is 3.29. The predicted molar refractivity (Wildman–Crippen MR) is 116 cm³/mol. The number of carbonyl (C=O) groups is 1. The van der Waals surface area contributed by atoms with Gasteiger partial charge in [0.15, 0.2) is 4.90 Å². The van der Waals surface area contributed by atoms with Gasteiger partial charge in [0.05, 0.1) is 24.1 Å². The summed E-state index contributed by atoms with van der Waals surface area (Å²) in [4.78, 5) is 32.6. The number of hydrogen-bond donors (Lipinski definition) is 1. The SMILES string of the molecule is C=CCON(C1CN(C(=O)O)CC(c2nccs2)=C1C)S(=O)(=O)c1ccccc1[N+](=O)[O-]. The Bertz CT molecular complexity index is 1160. The fraction of sp³-hybridized carbons (Fsp3) is 0.263. The number of aromatic nitrogens is 1. The monoisotopic (exact) mass is 480 g/mol. The first-order chi connectivity index (χ1) is 15.2. The number of benzene rings is 1. The number of nitrogens with zero attached hydrogens (tertiary/aromatic N) is 4. The van der Waals surface area contributed by atoms with Crippen molar-refractivity contribution in [3.8, 4) is 0 Å². The number of hydrogen-bond acceptors (Lipinski definition) is 8. The molecule has 2 heterocycles. The highest BCUT2D eigenvalue weighted by atomic mass is 32.2. The summed E-state index contributed by atoms with van der Waals surface area (Å²) in [5, 5.41) is 23.4. The summed E-state index contributed by atoms with van der Waals surface area (Å²) in [7, 11) is -4.57. The Labute approximate surface area is 188 Å². The van der Waals surface area contributed by atoms with Crippen molar-refractivity contribution in [2.45, 2.75) is 17.9 Å². The molecule has 0 bridgehead atoms. The number of thiazole rings is 1. The van der Waals surface area contributed by atoms with Gasteiger partial charge in [0.1, 0.15) is 5.01 Å². The molecule has 1 aromatic carbocycles. The zero-order chi connectivity index (χ0) is 23.5. The van der Waals surface area contributed by atoms with Crippen LogP contribution in [0.25, 0.3) is 5.57 Å². The normalized spacial score (nSPS) is 16.9. The Morgan fingerprint density at radius 3 is 2.81 bits per heavy atom. The van der Waals surface area contributed by atoms with Crippen molar-refractivity contribution in [2.24, 2.45) is 0 Å². The number of sulfonamides is 1. The predicted octanol–water partition coefficient (Wildman–Crippen LogP) is 3.00. The lowest BCUT2D eigenvalue weighted by atomic mass is 9.98. The van der Waals surface area contributed by atoms with E-state index >= 15 is 0 Å². The van der Waals surface area contributed by atoms with Crippen LogP contribution in [0.5, 0.6) is 0 Å². The third-order valence-corrected chi connectivity index (χ3v) is 7.40. The van der Waals surface area contributed by atoms with E-state index in [0.29, 0.717) is 20.6 Å². The second kappa shape index (κ2) is 9.56. The fourth-order valence-electron chi connectivity index (χ4n) is 3.28. The molecule has 32 heavy (non-hydrogen) atoms. The molecule has 13 heteroatoms. The van der Waals surface area contributed by atoms with Gasteiger partial charge in [-0.05, 0) is 18.6 Å². The number of carboxylic acid groups (broad SMARTS) is 1. The minimum absolute atomic E-state index is 0.0199. The number of hydroxylamine groups is 1. The quantitative estimate of drug-likeness (QED) is 0.345. The van der Waals surface area contributed by atoms with E-state index in [-0.39, 0.29) is 19.7 Å². The largest absolute Gasteiger partial charge is 0.465 e. The molecule has 3 rings (SSSR count). The number of para-hydroxylation sites is 1. The third kappa shape index (κ3) is 4.55. The van der Waals surface area contributed by atoms with Crippen LogP contribution in [0.4, 0.5) is 10.5 Å². The maximum Gasteiger partial charge on any atom is 0.407 e. The van der Waals surface area contributed by atoms with Crippen LogP contribution in [0.2, 0.25) is 0 Å². The lowest BCUT2D eigenvalue weighted by Gasteiger charge is -2.38. The highest BCUT2D eigenvalue weighted by Crippen LogP contribution is 2.35. The minimum Gasteiger partial charge on any atom is -0.465 e. The smallest absolute Gasteiger partial charge is 0.407 e. The first-order valence-corrected chi connectivity index (χ1v) is 11.6. The maximum absolute atomic E-state index is 13.5. The van der Waals surface area contributed by atoms with E-state index in [2.05, 4.69) is 11.6 Å². The molecule has 1 N–H and O–H groups in total. The molecule has 0 aliphatic carbocycles. The van der Waals surface area contributed by atoms with Crippen molar-refractivity contribution in [1.29, 1.82) is 0 Å². The van der Waals surface area contributed by atoms with Gasteiger partial charge in [-0.3, -0.25) is 15.0 Å². The number of nitro groups is 1. The molecule has 0 saturated carbocycles. The van der Waals surface area contributed by atoms with Gasteiger partial charge in [0, 0.05) is 29.8 Å². The van der Waals surface area contributed by atoms with E-state index < -0.39 is 37.7 Å². The lowest BCUT2D eigenvalue weighted by molar-refractivity contribution is -0.388. The molecule has 11 nitrogen and oxygen atoms in total. The Hall–Kier alpha value is -3.13. The van der Waals surface area contributed by atoms with Crippen molar-refractivity contribution < 1.29 is 28.1 Å². The van der Waals surface area contributed by atoms with Gasteiger partial charge in [-0.15, -0.1) is 17.9 Å². The van der Waals surface area contributed by atoms with Gasteiger partial charge in [0.25, 0.3) is 15.7 Å². The maximum atomic E-state index is 13.5. The molecule has 0 saturated heterocycles. The van der Waals surface area contributed by atoms with Crippen molar-refractivity contribution in [1.82, 2.24) is 14.4 Å². The molecule has 170 valence electrons. The van der Waals surface area contributed by atoms with Gasteiger partial charge in [-0.2, -0.15) is 0 Å². The van der Waals surface area contributed by atoms with Crippen LogP contribution < -0.4 is 0 Å². The molecule has 1 amide bonds. The number of rotatable bonds is 8. The minimum atomic E-state index is -4.57. The van der Waals surface area contributed by atoms with Gasteiger partial charge >= 0.3 is 6.09 Å². The van der Waals surface area contributed by atoms with Crippen molar-refractivity contribution in [3.63, 3.8) is 0 Å².